The second-order valence-electron chi connectivity index (χ2n) is 3.18. The van der Waals surface area contributed by atoms with Crippen LogP contribution >= 0.6 is 15.9 Å². The average Bonchev–Trinajstić information content (AvgIpc) is 2.74. The van der Waals surface area contributed by atoms with Crippen LogP contribution in [0.2, 0.25) is 0 Å². The summed E-state index contributed by atoms with van der Waals surface area (Å²) in [6.45, 7) is 0. The van der Waals surface area contributed by atoms with E-state index < -0.39 is 0 Å². The SMILES string of the molecule is Nc1ccc(Br)c(C(=O)Nc2cn[nH]c2)c1. The minimum Gasteiger partial charge on any atom is -0.399 e. The Morgan fingerprint density at radius 2 is 2.31 bits per heavy atom. The molecule has 0 radical (unpaired) electrons. The molecule has 1 aromatic carbocycles. The summed E-state index contributed by atoms with van der Waals surface area (Å²) in [6, 6.07) is 5.07. The summed E-state index contributed by atoms with van der Waals surface area (Å²) >= 11 is 3.30. The van der Waals surface area contributed by atoms with E-state index in [0.717, 1.165) is 0 Å². The Morgan fingerprint density at radius 1 is 1.50 bits per heavy atom. The number of nitrogens with two attached hydrogens (primary N) is 1. The van der Waals surface area contributed by atoms with Gasteiger partial charge in [-0.05, 0) is 34.1 Å². The first-order valence-corrected chi connectivity index (χ1v) is 5.31. The van der Waals surface area contributed by atoms with Crippen molar-refractivity contribution in [1.29, 1.82) is 0 Å². The van der Waals surface area contributed by atoms with E-state index >= 15 is 0 Å². The number of hydrogen-bond acceptors (Lipinski definition) is 3. The maximum absolute atomic E-state index is 11.8. The Hall–Kier alpha value is -1.82. The van der Waals surface area contributed by atoms with Crippen molar-refractivity contribution in [3.63, 3.8) is 0 Å². The molecule has 1 aromatic heterocycles. The molecule has 4 N–H and O–H groups in total. The van der Waals surface area contributed by atoms with Gasteiger partial charge in [0.15, 0.2) is 0 Å². The summed E-state index contributed by atoms with van der Waals surface area (Å²) in [4.78, 5) is 11.8. The van der Waals surface area contributed by atoms with Gasteiger partial charge in [0.1, 0.15) is 0 Å². The van der Waals surface area contributed by atoms with Crippen molar-refractivity contribution in [2.24, 2.45) is 0 Å². The molecule has 6 heteroatoms. The van der Waals surface area contributed by atoms with Crippen LogP contribution in [-0.4, -0.2) is 16.1 Å². The molecule has 0 unspecified atom stereocenters. The van der Waals surface area contributed by atoms with Crippen molar-refractivity contribution < 1.29 is 4.79 Å². The van der Waals surface area contributed by atoms with Crippen LogP contribution in [0.4, 0.5) is 11.4 Å². The van der Waals surface area contributed by atoms with E-state index in [1.165, 1.54) is 6.20 Å². The lowest BCUT2D eigenvalue weighted by atomic mass is 10.2. The molecule has 2 rings (SSSR count). The molecule has 82 valence electrons. The number of carbonyl (C=O) groups is 1. The molecule has 0 atom stereocenters. The highest BCUT2D eigenvalue weighted by Crippen LogP contribution is 2.20. The molecule has 1 amide bonds. The van der Waals surface area contributed by atoms with Crippen molar-refractivity contribution in [2.45, 2.75) is 0 Å². The molecule has 2 aromatic rings. The first kappa shape index (κ1) is 10.7. The third kappa shape index (κ3) is 2.22. The number of hydrogen-bond donors (Lipinski definition) is 3. The molecule has 1 heterocycles. The summed E-state index contributed by atoms with van der Waals surface area (Å²) in [5, 5.41) is 9.03. The third-order valence-electron chi connectivity index (χ3n) is 1.99. The maximum atomic E-state index is 11.8. The van der Waals surface area contributed by atoms with E-state index in [4.69, 9.17) is 5.73 Å². The zero-order valence-corrected chi connectivity index (χ0v) is 9.78. The van der Waals surface area contributed by atoms with Gasteiger partial charge >= 0.3 is 0 Å². The Bertz CT molecular complexity index is 510. The van der Waals surface area contributed by atoms with Gasteiger partial charge in [-0.15, -0.1) is 0 Å². The molecule has 0 aliphatic heterocycles. The Kier molecular flexibility index (Phi) is 2.91. The molecule has 0 spiro atoms. The predicted octanol–water partition coefficient (Wildman–Crippen LogP) is 2.01. The summed E-state index contributed by atoms with van der Waals surface area (Å²) in [7, 11) is 0. The second kappa shape index (κ2) is 4.36. The normalized spacial score (nSPS) is 10.1. The van der Waals surface area contributed by atoms with Gasteiger partial charge in [-0.25, -0.2) is 0 Å². The van der Waals surface area contributed by atoms with Crippen LogP contribution in [0.1, 0.15) is 10.4 Å². The fraction of sp³-hybridized carbons (Fsp3) is 0. The van der Waals surface area contributed by atoms with Crippen molar-refractivity contribution in [3.05, 3.63) is 40.6 Å². The van der Waals surface area contributed by atoms with Gasteiger partial charge in [0.2, 0.25) is 0 Å². The van der Waals surface area contributed by atoms with Gasteiger partial charge in [-0.1, -0.05) is 0 Å². The van der Waals surface area contributed by atoms with Crippen LogP contribution < -0.4 is 11.1 Å². The highest BCUT2D eigenvalue weighted by Gasteiger charge is 2.10. The minimum absolute atomic E-state index is 0.236. The molecule has 5 nitrogen and oxygen atoms in total. The van der Waals surface area contributed by atoms with Gasteiger partial charge in [-0.3, -0.25) is 9.89 Å². The molecule has 0 fully saturated rings. The zero-order chi connectivity index (χ0) is 11.5. The molecular formula is C10H9BrN4O. The summed E-state index contributed by atoms with van der Waals surface area (Å²) < 4.78 is 0.697. The van der Waals surface area contributed by atoms with E-state index in [-0.39, 0.29) is 5.91 Å². The van der Waals surface area contributed by atoms with Crippen molar-refractivity contribution >= 4 is 33.2 Å². The number of aromatic amines is 1. The first-order chi connectivity index (χ1) is 7.66. The molecule has 0 aliphatic rings. The predicted molar refractivity (Wildman–Crippen MR) is 65.1 cm³/mol. The van der Waals surface area contributed by atoms with Crippen molar-refractivity contribution in [1.82, 2.24) is 10.2 Å². The van der Waals surface area contributed by atoms with Crippen LogP contribution in [0.25, 0.3) is 0 Å². The number of H-pyrrole nitrogens is 1. The Balaban J connectivity index is 2.24. The highest BCUT2D eigenvalue weighted by atomic mass is 79.9. The minimum atomic E-state index is -0.236. The summed E-state index contributed by atoms with van der Waals surface area (Å²) in [5.41, 5.74) is 7.26. The number of nitrogens with zero attached hydrogens (tertiary/aromatic N) is 1. The molecule has 16 heavy (non-hydrogen) atoms. The lowest BCUT2D eigenvalue weighted by molar-refractivity contribution is 0.102. The Labute approximate surface area is 100 Å². The number of halogens is 1. The number of rotatable bonds is 2. The Morgan fingerprint density at radius 3 is 3.00 bits per heavy atom. The van der Waals surface area contributed by atoms with Gasteiger partial charge in [0, 0.05) is 16.4 Å². The van der Waals surface area contributed by atoms with Crippen LogP contribution in [-0.2, 0) is 0 Å². The van der Waals surface area contributed by atoms with Gasteiger partial charge in [0.25, 0.3) is 5.91 Å². The quantitative estimate of drug-likeness (QED) is 0.736. The van der Waals surface area contributed by atoms with Crippen molar-refractivity contribution in [3.8, 4) is 0 Å². The van der Waals surface area contributed by atoms with Gasteiger partial charge < -0.3 is 11.1 Å². The first-order valence-electron chi connectivity index (χ1n) is 4.52. The van der Waals surface area contributed by atoms with Gasteiger partial charge in [-0.2, -0.15) is 5.10 Å². The molecule has 0 bridgehead atoms. The highest BCUT2D eigenvalue weighted by molar-refractivity contribution is 9.10. The average molecular weight is 281 g/mol. The van der Waals surface area contributed by atoms with Crippen LogP contribution in [0, 0.1) is 0 Å². The number of nitrogen functional groups attached to an aromatic ring is 1. The third-order valence-corrected chi connectivity index (χ3v) is 2.68. The topological polar surface area (TPSA) is 83.8 Å². The fourth-order valence-electron chi connectivity index (χ4n) is 1.23. The number of aromatic nitrogens is 2. The molecule has 0 saturated carbocycles. The number of nitrogens with one attached hydrogen (secondary N) is 2. The number of carbonyl (C=O) groups excluding carboxylic acids is 1. The van der Waals surface area contributed by atoms with Crippen LogP contribution in [0.15, 0.2) is 35.1 Å². The van der Waals surface area contributed by atoms with E-state index in [1.54, 1.807) is 24.4 Å². The monoisotopic (exact) mass is 280 g/mol. The second-order valence-corrected chi connectivity index (χ2v) is 4.03. The van der Waals surface area contributed by atoms with E-state index in [1.807, 2.05) is 0 Å². The lowest BCUT2D eigenvalue weighted by Crippen LogP contribution is -2.12. The molecule has 0 aliphatic carbocycles. The number of anilines is 2. The largest absolute Gasteiger partial charge is 0.399 e. The molecular weight excluding hydrogens is 272 g/mol. The lowest BCUT2D eigenvalue weighted by Gasteiger charge is -2.05. The van der Waals surface area contributed by atoms with E-state index in [2.05, 4.69) is 31.4 Å². The van der Waals surface area contributed by atoms with Gasteiger partial charge in [0.05, 0.1) is 17.4 Å². The van der Waals surface area contributed by atoms with Crippen LogP contribution in [0.5, 0.6) is 0 Å². The number of benzene rings is 1. The van der Waals surface area contributed by atoms with Crippen molar-refractivity contribution in [2.75, 3.05) is 11.1 Å². The van der Waals surface area contributed by atoms with E-state index in [9.17, 15) is 4.79 Å². The zero-order valence-electron chi connectivity index (χ0n) is 8.20. The molecule has 0 saturated heterocycles. The maximum Gasteiger partial charge on any atom is 0.256 e. The smallest absolute Gasteiger partial charge is 0.256 e. The standard InChI is InChI=1S/C10H9BrN4O/c11-9-2-1-6(12)3-8(9)10(16)15-7-4-13-14-5-7/h1-5H,12H2,(H,13,14)(H,15,16). The summed E-state index contributed by atoms with van der Waals surface area (Å²) in [6.07, 6.45) is 3.12. The summed E-state index contributed by atoms with van der Waals surface area (Å²) in [5.74, 6) is -0.236. The van der Waals surface area contributed by atoms with E-state index in [0.29, 0.717) is 21.4 Å². The number of amides is 1. The fourth-order valence-corrected chi connectivity index (χ4v) is 1.66. The van der Waals surface area contributed by atoms with Crippen LogP contribution in [0.3, 0.4) is 0 Å².